The Bertz CT molecular complexity index is 1280. The number of benzene rings is 3. The molecular formula is C28H26BrN3OS. The molecule has 0 aromatic heterocycles. The molecule has 2 aliphatic rings. The second kappa shape index (κ2) is 9.01. The zero-order valence-electron chi connectivity index (χ0n) is 19.1. The third-order valence-corrected chi connectivity index (χ3v) is 7.16. The molecule has 4 nitrogen and oxygen atoms in total. The first kappa shape index (κ1) is 22.8. The fourth-order valence-electron chi connectivity index (χ4n) is 4.88. The van der Waals surface area contributed by atoms with E-state index in [1.807, 2.05) is 60.7 Å². The zero-order chi connectivity index (χ0) is 23.9. The largest absolute Gasteiger partial charge is 0.357 e. The molecule has 0 saturated carbocycles. The Kier molecular flexibility index (Phi) is 6.04. The maximum atomic E-state index is 13.7. The summed E-state index contributed by atoms with van der Waals surface area (Å²) in [6, 6.07) is 25.8. The van der Waals surface area contributed by atoms with Gasteiger partial charge in [0.1, 0.15) is 0 Å². The number of rotatable bonds is 2. The van der Waals surface area contributed by atoms with Crippen molar-refractivity contribution in [1.82, 2.24) is 0 Å². The van der Waals surface area contributed by atoms with E-state index in [1.165, 1.54) is 0 Å². The van der Waals surface area contributed by atoms with E-state index in [0.29, 0.717) is 11.5 Å². The molecule has 6 heteroatoms. The van der Waals surface area contributed by atoms with E-state index in [9.17, 15) is 4.79 Å². The summed E-state index contributed by atoms with van der Waals surface area (Å²) in [7, 11) is 0. The smallest absolute Gasteiger partial charge is 0.178 e. The van der Waals surface area contributed by atoms with Crippen LogP contribution < -0.4 is 15.5 Å². The summed E-state index contributed by atoms with van der Waals surface area (Å²) in [6.45, 7) is 4.31. The Morgan fingerprint density at radius 1 is 1.00 bits per heavy atom. The van der Waals surface area contributed by atoms with E-state index < -0.39 is 0 Å². The van der Waals surface area contributed by atoms with Gasteiger partial charge in [-0.25, -0.2) is 0 Å². The van der Waals surface area contributed by atoms with Crippen LogP contribution in [0, 0.1) is 5.41 Å². The Morgan fingerprint density at radius 2 is 1.68 bits per heavy atom. The van der Waals surface area contributed by atoms with Gasteiger partial charge in [0.25, 0.3) is 0 Å². The van der Waals surface area contributed by atoms with Crippen molar-refractivity contribution < 1.29 is 4.79 Å². The highest BCUT2D eigenvalue weighted by Gasteiger charge is 2.42. The predicted molar refractivity (Wildman–Crippen MR) is 147 cm³/mol. The number of thiocarbonyl (C=S) groups is 1. The lowest BCUT2D eigenvalue weighted by Gasteiger charge is -2.38. The molecule has 5 rings (SSSR count). The SMILES string of the molecule is CC1(C)CC(=O)C2=C(C1)Nc1ccccc1N(C(=S)Nc1ccccc1)[C@@H]2c1ccc(Br)cc1. The fourth-order valence-corrected chi connectivity index (χ4v) is 5.46. The monoisotopic (exact) mass is 531 g/mol. The van der Waals surface area contributed by atoms with E-state index in [4.69, 9.17) is 12.2 Å². The second-order valence-electron chi connectivity index (χ2n) is 9.60. The Balaban J connectivity index is 1.72. The lowest BCUT2D eigenvalue weighted by Crippen LogP contribution is -2.41. The van der Waals surface area contributed by atoms with Crippen molar-refractivity contribution in [3.05, 3.63) is 100 Å². The van der Waals surface area contributed by atoms with Crippen LogP contribution in [0.2, 0.25) is 0 Å². The molecule has 2 N–H and O–H groups in total. The van der Waals surface area contributed by atoms with Gasteiger partial charge in [0.2, 0.25) is 0 Å². The van der Waals surface area contributed by atoms with Gasteiger partial charge in [0, 0.05) is 27.9 Å². The first-order valence-electron chi connectivity index (χ1n) is 11.4. The molecule has 0 spiro atoms. The molecule has 172 valence electrons. The molecule has 34 heavy (non-hydrogen) atoms. The first-order valence-corrected chi connectivity index (χ1v) is 12.6. The minimum Gasteiger partial charge on any atom is -0.357 e. The number of ketones is 1. The van der Waals surface area contributed by atoms with Gasteiger partial charge in [-0.1, -0.05) is 72.2 Å². The number of nitrogens with zero attached hydrogens (tertiary/aromatic N) is 1. The van der Waals surface area contributed by atoms with Crippen LogP contribution in [0.5, 0.6) is 0 Å². The molecule has 1 aliphatic carbocycles. The van der Waals surface area contributed by atoms with Gasteiger partial charge in [-0.05, 0) is 66.0 Å². The maximum Gasteiger partial charge on any atom is 0.178 e. The summed E-state index contributed by atoms with van der Waals surface area (Å²) in [5, 5.41) is 7.57. The Hall–Kier alpha value is -2.96. The summed E-state index contributed by atoms with van der Waals surface area (Å²) in [4.78, 5) is 15.8. The predicted octanol–water partition coefficient (Wildman–Crippen LogP) is 7.46. The first-order chi connectivity index (χ1) is 16.3. The van der Waals surface area contributed by atoms with Gasteiger partial charge < -0.3 is 15.5 Å². The van der Waals surface area contributed by atoms with Crippen molar-refractivity contribution in [3.8, 4) is 0 Å². The van der Waals surface area contributed by atoms with E-state index in [2.05, 4.69) is 63.5 Å². The van der Waals surface area contributed by atoms with Crippen LogP contribution in [0.4, 0.5) is 17.1 Å². The van der Waals surface area contributed by atoms with Crippen molar-refractivity contribution in [2.45, 2.75) is 32.7 Å². The molecule has 0 fully saturated rings. The van der Waals surface area contributed by atoms with Gasteiger partial charge in [0.05, 0.1) is 17.4 Å². The molecule has 0 unspecified atom stereocenters. The number of para-hydroxylation sites is 3. The second-order valence-corrected chi connectivity index (χ2v) is 10.9. The highest BCUT2D eigenvalue weighted by molar-refractivity contribution is 9.10. The average molecular weight is 533 g/mol. The van der Waals surface area contributed by atoms with Gasteiger partial charge in [-0.15, -0.1) is 0 Å². The van der Waals surface area contributed by atoms with Crippen molar-refractivity contribution in [2.24, 2.45) is 5.41 Å². The van der Waals surface area contributed by atoms with Gasteiger partial charge in [-0.2, -0.15) is 0 Å². The molecule has 3 aromatic carbocycles. The lowest BCUT2D eigenvalue weighted by molar-refractivity contribution is -0.118. The third-order valence-electron chi connectivity index (χ3n) is 6.33. The topological polar surface area (TPSA) is 44.4 Å². The molecule has 0 saturated heterocycles. The van der Waals surface area contributed by atoms with Gasteiger partial charge >= 0.3 is 0 Å². The maximum absolute atomic E-state index is 13.7. The molecule has 1 heterocycles. The molecule has 1 aliphatic heterocycles. The standard InChI is InChI=1S/C28H26BrN3OS/c1-28(2)16-22-25(24(33)17-28)26(18-12-14-19(29)15-13-18)32(23-11-7-6-10-21(23)31-22)27(34)30-20-8-4-3-5-9-20/h3-15,26,31H,16-17H2,1-2H3,(H,30,34)/t26-/m1/s1. The zero-order valence-corrected chi connectivity index (χ0v) is 21.5. The minimum absolute atomic E-state index is 0.111. The van der Waals surface area contributed by atoms with Crippen LogP contribution in [-0.4, -0.2) is 10.9 Å². The summed E-state index contributed by atoms with van der Waals surface area (Å²) in [6.07, 6.45) is 1.30. The van der Waals surface area contributed by atoms with Crippen LogP contribution >= 0.6 is 28.1 Å². The normalized spacial score (nSPS) is 19.0. The van der Waals surface area contributed by atoms with Crippen LogP contribution in [0.25, 0.3) is 0 Å². The third kappa shape index (κ3) is 4.40. The number of carbonyl (C=O) groups is 1. The van der Waals surface area contributed by atoms with E-state index >= 15 is 0 Å². The van der Waals surface area contributed by atoms with Crippen molar-refractivity contribution >= 4 is 56.1 Å². The number of allylic oxidation sites excluding steroid dienone is 1. The number of anilines is 3. The molecule has 1 atom stereocenters. The van der Waals surface area contributed by atoms with Crippen LogP contribution in [0.1, 0.15) is 38.3 Å². The Labute approximate surface area is 214 Å². The van der Waals surface area contributed by atoms with Gasteiger partial charge in [0.15, 0.2) is 10.9 Å². The quantitative estimate of drug-likeness (QED) is 0.336. The highest BCUT2D eigenvalue weighted by atomic mass is 79.9. The molecule has 0 radical (unpaired) electrons. The molecule has 3 aromatic rings. The minimum atomic E-state index is -0.355. The van der Waals surface area contributed by atoms with Crippen LogP contribution in [-0.2, 0) is 4.79 Å². The number of carbonyl (C=O) groups excluding carboxylic acids is 1. The van der Waals surface area contributed by atoms with Crippen LogP contribution in [0.3, 0.4) is 0 Å². The molecule has 0 amide bonds. The van der Waals surface area contributed by atoms with E-state index in [0.717, 1.165) is 44.8 Å². The van der Waals surface area contributed by atoms with Gasteiger partial charge in [-0.3, -0.25) is 4.79 Å². The Morgan fingerprint density at radius 3 is 2.41 bits per heavy atom. The average Bonchev–Trinajstić information content (AvgIpc) is 2.94. The number of halogens is 1. The number of hydrogen-bond acceptors (Lipinski definition) is 3. The number of Topliss-reactive ketones (excluding diaryl/α,β-unsaturated/α-hetero) is 1. The van der Waals surface area contributed by atoms with E-state index in [-0.39, 0.29) is 17.2 Å². The fraction of sp³-hybridized carbons (Fsp3) is 0.214. The van der Waals surface area contributed by atoms with E-state index in [1.54, 1.807) is 0 Å². The molecular weight excluding hydrogens is 506 g/mol. The molecule has 0 bridgehead atoms. The number of hydrogen-bond donors (Lipinski definition) is 2. The summed E-state index contributed by atoms with van der Waals surface area (Å²) < 4.78 is 0.991. The highest BCUT2D eigenvalue weighted by Crippen LogP contribution is 2.48. The van der Waals surface area contributed by atoms with Crippen LogP contribution in [0.15, 0.2) is 94.6 Å². The van der Waals surface area contributed by atoms with Crippen molar-refractivity contribution in [2.75, 3.05) is 15.5 Å². The van der Waals surface area contributed by atoms with Crippen molar-refractivity contribution in [3.63, 3.8) is 0 Å². The number of fused-ring (bicyclic) bond motifs is 1. The van der Waals surface area contributed by atoms with Crippen molar-refractivity contribution in [1.29, 1.82) is 0 Å². The lowest BCUT2D eigenvalue weighted by atomic mass is 9.73. The summed E-state index contributed by atoms with van der Waals surface area (Å²) in [5.74, 6) is 0.159. The summed E-state index contributed by atoms with van der Waals surface area (Å²) in [5.41, 5.74) is 5.45. The summed E-state index contributed by atoms with van der Waals surface area (Å²) >= 11 is 9.57. The number of nitrogens with one attached hydrogen (secondary N) is 2.